The molecule has 0 spiro atoms. The van der Waals surface area contributed by atoms with Crippen LogP contribution in [0.4, 0.5) is 0 Å². The molecule has 2 aromatic rings. The molecule has 2 N–H and O–H groups in total. The number of imidazole rings is 1. The monoisotopic (exact) mass is 249 g/mol. The molecule has 0 aromatic carbocycles. The number of fused-ring (bicyclic) bond motifs is 1. The van der Waals surface area contributed by atoms with Gasteiger partial charge in [-0.15, -0.1) is 0 Å². The van der Waals surface area contributed by atoms with Gasteiger partial charge in [0.05, 0.1) is 5.69 Å². The van der Waals surface area contributed by atoms with Gasteiger partial charge in [-0.2, -0.15) is 0 Å². The zero-order chi connectivity index (χ0) is 12.4. The van der Waals surface area contributed by atoms with Crippen molar-refractivity contribution in [2.75, 3.05) is 6.54 Å². The fourth-order valence-corrected chi connectivity index (χ4v) is 1.98. The summed E-state index contributed by atoms with van der Waals surface area (Å²) in [5, 5.41) is 0.516. The molecular formula is C13H16ClN3. The van der Waals surface area contributed by atoms with Crippen molar-refractivity contribution in [3.05, 3.63) is 40.8 Å². The Labute approximate surface area is 106 Å². The van der Waals surface area contributed by atoms with Gasteiger partial charge in [0.1, 0.15) is 5.65 Å². The van der Waals surface area contributed by atoms with Gasteiger partial charge in [-0.3, -0.25) is 4.40 Å². The highest BCUT2D eigenvalue weighted by molar-refractivity contribution is 6.31. The molecule has 0 amide bonds. The number of aromatic nitrogens is 2. The van der Waals surface area contributed by atoms with E-state index in [1.807, 2.05) is 34.9 Å². The zero-order valence-electron chi connectivity index (χ0n) is 10.0. The van der Waals surface area contributed by atoms with E-state index in [0.29, 0.717) is 17.6 Å². The summed E-state index contributed by atoms with van der Waals surface area (Å²) in [5.74, 6) is 0.408. The first-order valence-corrected chi connectivity index (χ1v) is 6.04. The van der Waals surface area contributed by atoms with E-state index in [9.17, 15) is 0 Å². The van der Waals surface area contributed by atoms with Crippen LogP contribution in [-0.4, -0.2) is 15.9 Å². The Morgan fingerprint density at radius 1 is 1.53 bits per heavy atom. The molecule has 0 unspecified atom stereocenters. The lowest BCUT2D eigenvalue weighted by Crippen LogP contribution is -2.08. The smallest absolute Gasteiger partial charge is 0.155 e. The number of nitrogens with zero attached hydrogens (tertiary/aromatic N) is 2. The molecule has 0 aliphatic carbocycles. The van der Waals surface area contributed by atoms with Gasteiger partial charge < -0.3 is 5.73 Å². The maximum atomic E-state index is 6.16. The van der Waals surface area contributed by atoms with Crippen LogP contribution in [0.5, 0.6) is 0 Å². The zero-order valence-corrected chi connectivity index (χ0v) is 10.8. The number of pyridine rings is 1. The van der Waals surface area contributed by atoms with Gasteiger partial charge in [-0.05, 0) is 24.1 Å². The first-order chi connectivity index (χ1) is 8.13. The SMILES string of the molecule is CC(C)C(=Cc1c(Cl)nc2ccccn12)CN. The van der Waals surface area contributed by atoms with Gasteiger partial charge in [-0.25, -0.2) is 4.98 Å². The summed E-state index contributed by atoms with van der Waals surface area (Å²) in [5.41, 5.74) is 8.66. The Balaban J connectivity index is 2.58. The van der Waals surface area contributed by atoms with Gasteiger partial charge in [-0.1, -0.05) is 37.1 Å². The van der Waals surface area contributed by atoms with Crippen LogP contribution in [0.3, 0.4) is 0 Å². The second-order valence-electron chi connectivity index (χ2n) is 4.29. The van der Waals surface area contributed by atoms with Crippen molar-refractivity contribution < 1.29 is 0 Å². The first kappa shape index (κ1) is 12.1. The molecule has 0 radical (unpaired) electrons. The van der Waals surface area contributed by atoms with E-state index in [-0.39, 0.29) is 0 Å². The van der Waals surface area contributed by atoms with Crippen LogP contribution in [-0.2, 0) is 0 Å². The van der Waals surface area contributed by atoms with Gasteiger partial charge in [0.25, 0.3) is 0 Å². The minimum absolute atomic E-state index is 0.408. The van der Waals surface area contributed by atoms with Crippen LogP contribution >= 0.6 is 11.6 Å². The summed E-state index contributed by atoms with van der Waals surface area (Å²) in [6, 6.07) is 5.83. The Morgan fingerprint density at radius 3 is 2.94 bits per heavy atom. The summed E-state index contributed by atoms with van der Waals surface area (Å²) < 4.78 is 1.97. The molecule has 0 saturated carbocycles. The lowest BCUT2D eigenvalue weighted by atomic mass is 10.0. The highest BCUT2D eigenvalue weighted by Gasteiger charge is 2.09. The van der Waals surface area contributed by atoms with E-state index in [1.165, 1.54) is 0 Å². The minimum atomic E-state index is 0.408. The van der Waals surface area contributed by atoms with Crippen molar-refractivity contribution in [2.45, 2.75) is 13.8 Å². The second-order valence-corrected chi connectivity index (χ2v) is 4.65. The fraction of sp³-hybridized carbons (Fsp3) is 0.308. The summed E-state index contributed by atoms with van der Waals surface area (Å²) in [4.78, 5) is 4.30. The summed E-state index contributed by atoms with van der Waals surface area (Å²) in [6.07, 6.45) is 3.99. The van der Waals surface area contributed by atoms with E-state index >= 15 is 0 Å². The minimum Gasteiger partial charge on any atom is -0.327 e. The molecule has 0 saturated heterocycles. The maximum absolute atomic E-state index is 6.16. The molecule has 0 atom stereocenters. The van der Waals surface area contributed by atoms with E-state index in [0.717, 1.165) is 16.9 Å². The number of hydrogen-bond acceptors (Lipinski definition) is 2. The number of rotatable bonds is 3. The average molecular weight is 250 g/mol. The van der Waals surface area contributed by atoms with Crippen molar-refractivity contribution in [1.82, 2.24) is 9.38 Å². The second kappa shape index (κ2) is 4.90. The van der Waals surface area contributed by atoms with Crippen molar-refractivity contribution in [1.29, 1.82) is 0 Å². The Morgan fingerprint density at radius 2 is 2.29 bits per heavy atom. The molecule has 3 nitrogen and oxygen atoms in total. The standard InChI is InChI=1S/C13H16ClN3/c1-9(2)10(8-15)7-11-13(14)16-12-5-3-4-6-17(11)12/h3-7,9H,8,15H2,1-2H3. The lowest BCUT2D eigenvalue weighted by Gasteiger charge is -2.08. The average Bonchev–Trinajstić information content (AvgIpc) is 2.61. The van der Waals surface area contributed by atoms with Crippen LogP contribution in [0.15, 0.2) is 30.0 Å². The van der Waals surface area contributed by atoms with Gasteiger partial charge in [0.15, 0.2) is 5.15 Å². The predicted molar refractivity (Wildman–Crippen MR) is 72.1 cm³/mol. The first-order valence-electron chi connectivity index (χ1n) is 5.66. The van der Waals surface area contributed by atoms with Crippen LogP contribution in [0, 0.1) is 5.92 Å². The third-order valence-electron chi connectivity index (χ3n) is 2.82. The molecule has 4 heteroatoms. The number of nitrogens with two attached hydrogens (primary N) is 1. The van der Waals surface area contributed by atoms with E-state index in [2.05, 4.69) is 18.8 Å². The van der Waals surface area contributed by atoms with Gasteiger partial charge >= 0.3 is 0 Å². The molecule has 17 heavy (non-hydrogen) atoms. The maximum Gasteiger partial charge on any atom is 0.155 e. The fourth-order valence-electron chi connectivity index (χ4n) is 1.75. The highest BCUT2D eigenvalue weighted by atomic mass is 35.5. The molecule has 90 valence electrons. The summed E-state index contributed by atoms with van der Waals surface area (Å²) >= 11 is 6.16. The van der Waals surface area contributed by atoms with Gasteiger partial charge in [0.2, 0.25) is 0 Å². The Kier molecular flexibility index (Phi) is 3.50. The lowest BCUT2D eigenvalue weighted by molar-refractivity contribution is 0.752. The van der Waals surface area contributed by atoms with E-state index in [4.69, 9.17) is 17.3 Å². The predicted octanol–water partition coefficient (Wildman–Crippen LogP) is 2.99. The summed E-state index contributed by atoms with van der Waals surface area (Å²) in [6.45, 7) is 4.78. The van der Waals surface area contributed by atoms with Crippen LogP contribution < -0.4 is 5.73 Å². The molecule has 0 fully saturated rings. The van der Waals surface area contributed by atoms with Crippen molar-refractivity contribution in [3.8, 4) is 0 Å². The van der Waals surface area contributed by atoms with Crippen molar-refractivity contribution in [3.63, 3.8) is 0 Å². The van der Waals surface area contributed by atoms with Gasteiger partial charge in [0, 0.05) is 12.7 Å². The Hall–Kier alpha value is -1.32. The molecule has 2 heterocycles. The van der Waals surface area contributed by atoms with Crippen LogP contribution in [0.1, 0.15) is 19.5 Å². The van der Waals surface area contributed by atoms with Crippen molar-refractivity contribution in [2.24, 2.45) is 11.7 Å². The molecule has 0 aliphatic rings. The largest absolute Gasteiger partial charge is 0.327 e. The van der Waals surface area contributed by atoms with E-state index < -0.39 is 0 Å². The molecule has 2 rings (SSSR count). The third kappa shape index (κ3) is 2.35. The molecule has 0 aliphatic heterocycles. The topological polar surface area (TPSA) is 43.3 Å². The number of hydrogen-bond donors (Lipinski definition) is 1. The van der Waals surface area contributed by atoms with Crippen LogP contribution in [0.2, 0.25) is 5.15 Å². The summed E-state index contributed by atoms with van der Waals surface area (Å²) in [7, 11) is 0. The molecule has 0 bridgehead atoms. The van der Waals surface area contributed by atoms with E-state index in [1.54, 1.807) is 0 Å². The van der Waals surface area contributed by atoms with Crippen molar-refractivity contribution >= 4 is 23.3 Å². The Bertz CT molecular complexity index is 555. The highest BCUT2D eigenvalue weighted by Crippen LogP contribution is 2.22. The third-order valence-corrected chi connectivity index (χ3v) is 3.10. The quantitative estimate of drug-likeness (QED) is 0.909. The number of halogens is 1. The normalized spacial score (nSPS) is 12.6. The van der Waals surface area contributed by atoms with Crippen LogP contribution in [0.25, 0.3) is 11.7 Å². The molecular weight excluding hydrogens is 234 g/mol. The molecule has 2 aromatic heterocycles.